The van der Waals surface area contributed by atoms with Gasteiger partial charge in [0.2, 0.25) is 0 Å². The molecule has 6 nitrogen and oxygen atoms in total. The van der Waals surface area contributed by atoms with Gasteiger partial charge in [0, 0.05) is 0 Å². The number of aliphatic hydroxyl groups is 1. The largest absolute Gasteiger partial charge is 0.496 e. The Labute approximate surface area is 192 Å². The lowest BCUT2D eigenvalue weighted by Gasteiger charge is -2.17. The quantitative estimate of drug-likeness (QED) is 0.304. The van der Waals surface area contributed by atoms with Crippen molar-refractivity contribution in [3.05, 3.63) is 58.7 Å². The van der Waals surface area contributed by atoms with Gasteiger partial charge in [-0.05, 0) is 72.4 Å². The molecule has 0 fully saturated rings. The summed E-state index contributed by atoms with van der Waals surface area (Å²) < 4.78 is 42.6. The van der Waals surface area contributed by atoms with Crippen molar-refractivity contribution in [1.82, 2.24) is 0 Å². The lowest BCUT2D eigenvalue weighted by Crippen LogP contribution is -2.08. The Morgan fingerprint density at radius 2 is 1.72 bits per heavy atom. The predicted octanol–water partition coefficient (Wildman–Crippen LogP) is 4.92. The Morgan fingerprint density at radius 1 is 1.00 bits per heavy atom. The number of methoxy groups -OCH3 is 1. The van der Waals surface area contributed by atoms with Crippen LogP contribution >= 0.6 is 0 Å². The third-order valence-corrected chi connectivity index (χ3v) is 6.37. The second-order valence-electron chi connectivity index (χ2n) is 8.21. The second-order valence-corrected chi connectivity index (χ2v) is 9.78. The van der Waals surface area contributed by atoms with Gasteiger partial charge in [0.1, 0.15) is 11.5 Å². The first-order valence-corrected chi connectivity index (χ1v) is 12.9. The van der Waals surface area contributed by atoms with Gasteiger partial charge in [0.15, 0.2) is 0 Å². The molecule has 7 heteroatoms. The van der Waals surface area contributed by atoms with E-state index < -0.39 is 10.1 Å². The summed E-state index contributed by atoms with van der Waals surface area (Å²) >= 11 is 0. The van der Waals surface area contributed by atoms with Crippen LogP contribution in [0.2, 0.25) is 0 Å². The maximum atomic E-state index is 11.0. The van der Waals surface area contributed by atoms with Crippen LogP contribution in [0.1, 0.15) is 67.7 Å². The minimum Gasteiger partial charge on any atom is -0.496 e. The zero-order valence-corrected chi connectivity index (χ0v) is 20.2. The van der Waals surface area contributed by atoms with Crippen molar-refractivity contribution in [2.24, 2.45) is 0 Å². The maximum absolute atomic E-state index is 11.0. The van der Waals surface area contributed by atoms with Gasteiger partial charge in [0.25, 0.3) is 10.1 Å². The Hall–Kier alpha value is -2.09. The van der Waals surface area contributed by atoms with Crippen LogP contribution in [0.5, 0.6) is 11.5 Å². The Morgan fingerprint density at radius 3 is 2.38 bits per heavy atom. The highest BCUT2D eigenvalue weighted by Gasteiger charge is 2.15. The number of hydrogen-bond donors (Lipinski definition) is 2. The fourth-order valence-corrected chi connectivity index (χ4v) is 4.30. The van der Waals surface area contributed by atoms with E-state index in [1.807, 2.05) is 37.3 Å². The smallest absolute Gasteiger partial charge is 0.264 e. The molecule has 32 heavy (non-hydrogen) atoms. The molecular formula is C25H36O6S. The monoisotopic (exact) mass is 464 g/mol. The fraction of sp³-hybridized carbons (Fsp3) is 0.520. The maximum Gasteiger partial charge on any atom is 0.264 e. The summed E-state index contributed by atoms with van der Waals surface area (Å²) in [6, 6.07) is 11.9. The molecule has 1 unspecified atom stereocenters. The molecule has 178 valence electrons. The molecule has 2 rings (SSSR count). The van der Waals surface area contributed by atoms with Gasteiger partial charge in [-0.3, -0.25) is 4.55 Å². The lowest BCUT2D eigenvalue weighted by atomic mass is 9.94. The molecule has 0 bridgehead atoms. The van der Waals surface area contributed by atoms with Gasteiger partial charge < -0.3 is 14.6 Å². The standard InChI is InChI=1S/C25H36O6S/c1-4-5-14-31-24-17-21(18-26)9-11-22(24)8-6-7-20-10-12-23(25(16-20)30-3)19(2)13-15-32(27,28)29/h9-12,16-17,19,26H,4-8,13-15,18H2,1-3H3,(H,27,28,29). The predicted molar refractivity (Wildman–Crippen MR) is 127 cm³/mol. The van der Waals surface area contributed by atoms with E-state index in [0.29, 0.717) is 13.0 Å². The summed E-state index contributed by atoms with van der Waals surface area (Å²) in [5.41, 5.74) is 4.07. The van der Waals surface area contributed by atoms with Crippen molar-refractivity contribution >= 4 is 10.1 Å². The molecule has 2 aromatic rings. The Balaban J connectivity index is 2.02. The van der Waals surface area contributed by atoms with E-state index >= 15 is 0 Å². The highest BCUT2D eigenvalue weighted by molar-refractivity contribution is 7.85. The first-order chi connectivity index (χ1) is 15.3. The third kappa shape index (κ3) is 8.45. The molecular weight excluding hydrogens is 428 g/mol. The first kappa shape index (κ1) is 26.2. The average molecular weight is 465 g/mol. The average Bonchev–Trinajstić information content (AvgIpc) is 2.77. The summed E-state index contributed by atoms with van der Waals surface area (Å²) in [7, 11) is -2.36. The van der Waals surface area contributed by atoms with Crippen LogP contribution in [-0.2, 0) is 29.6 Å². The second kappa shape index (κ2) is 12.8. The number of aliphatic hydroxyl groups excluding tert-OH is 1. The van der Waals surface area contributed by atoms with Crippen molar-refractivity contribution in [3.63, 3.8) is 0 Å². The normalized spacial score (nSPS) is 12.5. The molecule has 0 saturated carbocycles. The number of ether oxygens (including phenoxy) is 2. The zero-order valence-electron chi connectivity index (χ0n) is 19.3. The summed E-state index contributed by atoms with van der Waals surface area (Å²) in [6.07, 6.45) is 5.07. The van der Waals surface area contributed by atoms with E-state index in [1.165, 1.54) is 0 Å². The van der Waals surface area contributed by atoms with Crippen molar-refractivity contribution in [2.45, 2.75) is 64.9 Å². The molecule has 0 aliphatic rings. The first-order valence-electron chi connectivity index (χ1n) is 11.2. The molecule has 2 N–H and O–H groups in total. The van der Waals surface area contributed by atoms with Crippen LogP contribution in [0.15, 0.2) is 36.4 Å². The minimum atomic E-state index is -3.97. The molecule has 0 aliphatic carbocycles. The number of aryl methyl sites for hydroxylation is 2. The Kier molecular flexibility index (Phi) is 10.5. The summed E-state index contributed by atoms with van der Waals surface area (Å²) in [5.74, 6) is 1.28. The van der Waals surface area contributed by atoms with Crippen LogP contribution in [-0.4, -0.2) is 37.5 Å². The van der Waals surface area contributed by atoms with Crippen molar-refractivity contribution < 1.29 is 27.6 Å². The molecule has 1 atom stereocenters. The number of rotatable bonds is 14. The van der Waals surface area contributed by atoms with Gasteiger partial charge in [-0.25, -0.2) is 0 Å². The highest BCUT2D eigenvalue weighted by Crippen LogP contribution is 2.31. The summed E-state index contributed by atoms with van der Waals surface area (Å²) in [5, 5.41) is 9.42. The van der Waals surface area contributed by atoms with E-state index in [4.69, 9.17) is 14.0 Å². The third-order valence-electron chi connectivity index (χ3n) is 5.62. The zero-order chi connectivity index (χ0) is 23.6. The van der Waals surface area contributed by atoms with Crippen LogP contribution in [0.4, 0.5) is 0 Å². The van der Waals surface area contributed by atoms with Crippen molar-refractivity contribution in [3.8, 4) is 11.5 Å². The lowest BCUT2D eigenvalue weighted by molar-refractivity contribution is 0.278. The molecule has 0 spiro atoms. The fourth-order valence-electron chi connectivity index (χ4n) is 3.65. The van der Waals surface area contributed by atoms with Crippen LogP contribution < -0.4 is 9.47 Å². The SMILES string of the molecule is CCCCOc1cc(CO)ccc1CCCc1ccc(C(C)CCS(=O)(=O)O)c(OC)c1. The molecule has 0 saturated heterocycles. The van der Waals surface area contributed by atoms with Gasteiger partial charge in [-0.1, -0.05) is 44.5 Å². The van der Waals surface area contributed by atoms with Gasteiger partial charge >= 0.3 is 0 Å². The number of unbranched alkanes of at least 4 members (excludes halogenated alkanes) is 1. The summed E-state index contributed by atoms with van der Waals surface area (Å²) in [6.45, 7) is 4.73. The molecule has 0 amide bonds. The van der Waals surface area contributed by atoms with E-state index in [0.717, 1.165) is 65.9 Å². The van der Waals surface area contributed by atoms with Gasteiger partial charge in [-0.2, -0.15) is 8.42 Å². The Bertz CT molecular complexity index is 955. The number of hydrogen-bond acceptors (Lipinski definition) is 5. The van der Waals surface area contributed by atoms with E-state index in [9.17, 15) is 13.5 Å². The van der Waals surface area contributed by atoms with E-state index in [2.05, 4.69) is 13.0 Å². The van der Waals surface area contributed by atoms with Crippen molar-refractivity contribution in [2.75, 3.05) is 19.5 Å². The van der Waals surface area contributed by atoms with Crippen LogP contribution in [0.3, 0.4) is 0 Å². The molecule has 0 radical (unpaired) electrons. The van der Waals surface area contributed by atoms with Crippen LogP contribution in [0.25, 0.3) is 0 Å². The van der Waals surface area contributed by atoms with E-state index in [1.54, 1.807) is 7.11 Å². The van der Waals surface area contributed by atoms with Crippen molar-refractivity contribution in [1.29, 1.82) is 0 Å². The van der Waals surface area contributed by atoms with Gasteiger partial charge in [-0.15, -0.1) is 0 Å². The van der Waals surface area contributed by atoms with Gasteiger partial charge in [0.05, 0.1) is 26.1 Å². The van der Waals surface area contributed by atoms with Crippen LogP contribution in [0, 0.1) is 0 Å². The van der Waals surface area contributed by atoms with E-state index in [-0.39, 0.29) is 18.3 Å². The molecule has 0 heterocycles. The number of benzene rings is 2. The molecule has 0 aliphatic heterocycles. The topological polar surface area (TPSA) is 93.1 Å². The highest BCUT2D eigenvalue weighted by atomic mass is 32.2. The summed E-state index contributed by atoms with van der Waals surface area (Å²) in [4.78, 5) is 0. The molecule has 2 aromatic carbocycles. The molecule has 0 aromatic heterocycles. The minimum absolute atomic E-state index is 0.000775.